The lowest BCUT2D eigenvalue weighted by atomic mass is 10.0. The maximum Gasteiger partial charge on any atom is 0.0861 e. The molecule has 0 amide bonds. The summed E-state index contributed by atoms with van der Waals surface area (Å²) in [4.78, 5) is 8.83. The minimum atomic E-state index is 0.243. The van der Waals surface area contributed by atoms with E-state index in [2.05, 4.69) is 46.8 Å². The van der Waals surface area contributed by atoms with E-state index >= 15 is 0 Å². The third kappa shape index (κ3) is 6.46. The molecule has 0 fully saturated rings. The van der Waals surface area contributed by atoms with Crippen molar-refractivity contribution in [1.82, 2.24) is 20.6 Å². The van der Waals surface area contributed by atoms with Gasteiger partial charge in [-0.2, -0.15) is 0 Å². The number of hydrogen-bond donors (Lipinski definition) is 2. The van der Waals surface area contributed by atoms with E-state index in [0.717, 1.165) is 41.2 Å². The molecule has 0 radical (unpaired) electrons. The molecule has 1 aliphatic heterocycles. The summed E-state index contributed by atoms with van der Waals surface area (Å²) in [5.74, 6) is 0. The molecule has 2 aromatic rings. The first kappa shape index (κ1) is 22.2. The van der Waals surface area contributed by atoms with Crippen LogP contribution in [-0.2, 0) is 0 Å². The average Bonchev–Trinajstić information content (AvgIpc) is 3.15. The van der Waals surface area contributed by atoms with Crippen molar-refractivity contribution in [3.63, 3.8) is 0 Å². The fourth-order valence-electron chi connectivity index (χ4n) is 3.14. The molecule has 0 aromatic carbocycles. The zero-order chi connectivity index (χ0) is 21.1. The van der Waals surface area contributed by atoms with Gasteiger partial charge in [0.25, 0.3) is 0 Å². The van der Waals surface area contributed by atoms with Crippen molar-refractivity contribution >= 4 is 11.4 Å². The highest BCUT2D eigenvalue weighted by atomic mass is 15.0. The number of aromatic nitrogens is 2. The Bertz CT molecular complexity index is 838. The third-order valence-corrected chi connectivity index (χ3v) is 4.56. The first-order valence-electron chi connectivity index (χ1n) is 10.3. The van der Waals surface area contributed by atoms with Crippen LogP contribution in [0.4, 0.5) is 0 Å². The monoisotopic (exact) mass is 388 g/mol. The molecule has 0 saturated carbocycles. The Morgan fingerprint density at radius 2 is 1.90 bits per heavy atom. The van der Waals surface area contributed by atoms with Gasteiger partial charge in [-0.3, -0.25) is 9.97 Å². The van der Waals surface area contributed by atoms with Gasteiger partial charge in [0.2, 0.25) is 0 Å². The Kier molecular flexibility index (Phi) is 8.90. The van der Waals surface area contributed by atoms with Gasteiger partial charge >= 0.3 is 0 Å². The summed E-state index contributed by atoms with van der Waals surface area (Å²) >= 11 is 0. The van der Waals surface area contributed by atoms with Crippen molar-refractivity contribution in [1.29, 1.82) is 0 Å². The lowest BCUT2D eigenvalue weighted by Gasteiger charge is -2.21. The Morgan fingerprint density at radius 1 is 1.17 bits per heavy atom. The van der Waals surface area contributed by atoms with Crippen LogP contribution in [0.5, 0.6) is 0 Å². The molecule has 0 saturated heterocycles. The van der Waals surface area contributed by atoms with Crippen LogP contribution in [0.2, 0.25) is 0 Å². The molecule has 1 aliphatic rings. The predicted octanol–water partition coefficient (Wildman–Crippen LogP) is 5.36. The minimum absolute atomic E-state index is 0.243. The van der Waals surface area contributed by atoms with Crippen LogP contribution in [0.15, 0.2) is 85.8 Å². The summed E-state index contributed by atoms with van der Waals surface area (Å²) in [5, 5.41) is 7.11. The zero-order valence-corrected chi connectivity index (χ0v) is 17.7. The summed E-state index contributed by atoms with van der Waals surface area (Å²) in [6, 6.07) is 12.4. The normalized spacial score (nSPS) is 16.8. The number of nitrogens with zero attached hydrogens (tertiary/aromatic N) is 2. The Morgan fingerprint density at radius 3 is 2.52 bits per heavy atom. The molecule has 152 valence electrons. The van der Waals surface area contributed by atoms with E-state index in [1.54, 1.807) is 12.3 Å². The highest BCUT2D eigenvalue weighted by Gasteiger charge is 2.21. The van der Waals surface area contributed by atoms with Crippen molar-refractivity contribution in [2.45, 2.75) is 45.7 Å². The Hall–Kier alpha value is -3.14. The van der Waals surface area contributed by atoms with Crippen molar-refractivity contribution in [2.75, 3.05) is 0 Å². The molecule has 0 bridgehead atoms. The second kappa shape index (κ2) is 11.6. The lowest BCUT2D eigenvalue weighted by Crippen LogP contribution is -2.29. The zero-order valence-electron chi connectivity index (χ0n) is 17.7. The molecule has 3 rings (SSSR count). The smallest absolute Gasteiger partial charge is 0.0861 e. The molecule has 0 spiro atoms. The van der Waals surface area contributed by atoms with Gasteiger partial charge in [0.1, 0.15) is 0 Å². The van der Waals surface area contributed by atoms with Crippen LogP contribution < -0.4 is 10.6 Å². The fourth-order valence-corrected chi connectivity index (χ4v) is 3.14. The third-order valence-electron chi connectivity index (χ3n) is 4.56. The first-order chi connectivity index (χ1) is 14.2. The molecular weight excluding hydrogens is 356 g/mol. The summed E-state index contributed by atoms with van der Waals surface area (Å²) in [6.07, 6.45) is 11.5. The number of rotatable bonds is 8. The summed E-state index contributed by atoms with van der Waals surface area (Å²) in [6.45, 7) is 14.2. The van der Waals surface area contributed by atoms with Gasteiger partial charge in [-0.1, -0.05) is 45.2 Å². The Balaban J connectivity index is 0.00000145. The van der Waals surface area contributed by atoms with E-state index in [0.29, 0.717) is 6.04 Å². The van der Waals surface area contributed by atoms with Crippen molar-refractivity contribution < 1.29 is 0 Å². The maximum absolute atomic E-state index is 4.42. The van der Waals surface area contributed by atoms with E-state index in [9.17, 15) is 0 Å². The Labute approximate surface area is 175 Å². The molecular formula is C25H32N4. The number of hydrogen-bond acceptors (Lipinski definition) is 4. The van der Waals surface area contributed by atoms with E-state index in [-0.39, 0.29) is 6.04 Å². The highest BCUT2D eigenvalue weighted by molar-refractivity contribution is 5.68. The highest BCUT2D eigenvalue weighted by Crippen LogP contribution is 2.24. The van der Waals surface area contributed by atoms with Gasteiger partial charge < -0.3 is 10.6 Å². The minimum Gasteiger partial charge on any atom is -0.381 e. The van der Waals surface area contributed by atoms with Crippen LogP contribution in [0.1, 0.15) is 45.0 Å². The molecule has 3 heterocycles. The van der Waals surface area contributed by atoms with Crippen LogP contribution in [0.3, 0.4) is 0 Å². The predicted molar refractivity (Wildman–Crippen MR) is 124 cm³/mol. The summed E-state index contributed by atoms with van der Waals surface area (Å²) in [5.41, 5.74) is 5.02. The van der Waals surface area contributed by atoms with E-state index in [4.69, 9.17) is 0 Å². The van der Waals surface area contributed by atoms with Crippen LogP contribution >= 0.6 is 0 Å². The molecule has 2 atom stereocenters. The second-order valence-electron chi connectivity index (χ2n) is 6.70. The van der Waals surface area contributed by atoms with Gasteiger partial charge in [-0.05, 0) is 61.8 Å². The van der Waals surface area contributed by atoms with E-state index < -0.39 is 0 Å². The lowest BCUT2D eigenvalue weighted by molar-refractivity contribution is 0.523. The van der Waals surface area contributed by atoms with Crippen molar-refractivity contribution in [2.24, 2.45) is 0 Å². The molecule has 29 heavy (non-hydrogen) atoms. The molecule has 4 heteroatoms. The quantitative estimate of drug-likeness (QED) is 0.598. The molecule has 2 aromatic heterocycles. The van der Waals surface area contributed by atoms with Crippen molar-refractivity contribution in [3.05, 3.63) is 97.1 Å². The first-order valence-corrected chi connectivity index (χ1v) is 10.3. The van der Waals surface area contributed by atoms with Gasteiger partial charge in [0, 0.05) is 18.4 Å². The van der Waals surface area contributed by atoms with Crippen LogP contribution in [-0.4, -0.2) is 22.1 Å². The van der Waals surface area contributed by atoms with Crippen molar-refractivity contribution in [3.8, 4) is 0 Å². The summed E-state index contributed by atoms with van der Waals surface area (Å²) in [7, 11) is 0. The van der Waals surface area contributed by atoms with Gasteiger partial charge in [-0.25, -0.2) is 0 Å². The number of nitrogens with one attached hydrogen (secondary N) is 2. The largest absolute Gasteiger partial charge is 0.381 e. The van der Waals surface area contributed by atoms with E-state index in [1.807, 2.05) is 62.5 Å². The van der Waals surface area contributed by atoms with Gasteiger partial charge in [0.15, 0.2) is 0 Å². The molecule has 1 unspecified atom stereocenters. The van der Waals surface area contributed by atoms with Crippen LogP contribution in [0, 0.1) is 0 Å². The van der Waals surface area contributed by atoms with Gasteiger partial charge in [0.05, 0.1) is 28.8 Å². The maximum atomic E-state index is 4.42. The SMILES string of the molecule is C=C/C=C(\NC(C)CC[C@@H]1NC(c2ccccn2)=CC1=C)c1ccccn1.CC. The topological polar surface area (TPSA) is 49.8 Å². The molecule has 4 nitrogen and oxygen atoms in total. The number of allylic oxidation sites excluding steroid dienone is 2. The summed E-state index contributed by atoms with van der Waals surface area (Å²) < 4.78 is 0. The van der Waals surface area contributed by atoms with E-state index in [1.165, 1.54) is 0 Å². The molecule has 2 N–H and O–H groups in total. The fraction of sp³-hybridized carbons (Fsp3) is 0.280. The van der Waals surface area contributed by atoms with Gasteiger partial charge in [-0.15, -0.1) is 0 Å². The second-order valence-corrected chi connectivity index (χ2v) is 6.70. The number of pyridine rings is 2. The van der Waals surface area contributed by atoms with Crippen LogP contribution in [0.25, 0.3) is 11.4 Å². The standard InChI is InChI=1S/C23H26N4.C2H6/c1-4-9-22(20-10-5-7-14-24-20)26-18(3)12-13-19-17(2)16-23(27-19)21-11-6-8-15-25-21;1-2/h4-11,14-16,18-19,26-27H,1-2,12-13H2,3H3;1-2H3/b22-9-;/t18?,19-;/m0./s1. The molecule has 0 aliphatic carbocycles. The average molecular weight is 389 g/mol.